The summed E-state index contributed by atoms with van der Waals surface area (Å²) in [5.41, 5.74) is 4.74. The zero-order valence-electron chi connectivity index (χ0n) is 14.9. The highest BCUT2D eigenvalue weighted by molar-refractivity contribution is 7.73. The first kappa shape index (κ1) is 19.0. The number of allylic oxidation sites excluding steroid dienone is 5. The van der Waals surface area contributed by atoms with Crippen LogP contribution >= 0.6 is 0 Å². The van der Waals surface area contributed by atoms with Crippen LogP contribution in [0, 0.1) is 11.8 Å². The third kappa shape index (κ3) is 3.84. The molecule has 1 heterocycles. The molecule has 0 radical (unpaired) electrons. The van der Waals surface area contributed by atoms with Gasteiger partial charge in [0.2, 0.25) is 16.2 Å². The highest BCUT2D eigenvalue weighted by Crippen LogP contribution is 2.31. The molecule has 2 aliphatic rings. The van der Waals surface area contributed by atoms with E-state index in [1.165, 1.54) is 14.2 Å². The van der Waals surface area contributed by atoms with E-state index in [1.807, 2.05) is 32.9 Å². The molecule has 136 valence electrons. The van der Waals surface area contributed by atoms with E-state index in [4.69, 9.17) is 9.47 Å². The van der Waals surface area contributed by atoms with Crippen molar-refractivity contribution >= 4 is 26.8 Å². The standard InChI is InChI=1S/C17H22N2O5S/c1-9(7-13-10(2)8-14(20)19-18-13)12-6-11(3)15(23-4)16(24-5)17(12)25(21)22/h6-7,10,12H,8H2,1-5H3,(H,19,20). The predicted octanol–water partition coefficient (Wildman–Crippen LogP) is 1.58. The summed E-state index contributed by atoms with van der Waals surface area (Å²) in [5, 5.41) is 4.07. The lowest BCUT2D eigenvalue weighted by molar-refractivity contribution is -0.121. The van der Waals surface area contributed by atoms with Crippen LogP contribution in [0.2, 0.25) is 0 Å². The Hall–Kier alpha value is -2.35. The molecule has 0 saturated heterocycles. The Morgan fingerprint density at radius 3 is 2.48 bits per heavy atom. The van der Waals surface area contributed by atoms with E-state index in [0.29, 0.717) is 17.9 Å². The van der Waals surface area contributed by atoms with Crippen LogP contribution in [0.3, 0.4) is 0 Å². The highest BCUT2D eigenvalue weighted by atomic mass is 32.2. The average molecular weight is 366 g/mol. The van der Waals surface area contributed by atoms with E-state index in [9.17, 15) is 13.2 Å². The van der Waals surface area contributed by atoms with Gasteiger partial charge >= 0.3 is 0 Å². The number of carbonyl (C=O) groups excluding carboxylic acids is 1. The van der Waals surface area contributed by atoms with Gasteiger partial charge in [0, 0.05) is 18.3 Å². The van der Waals surface area contributed by atoms with Crippen molar-refractivity contribution in [3.8, 4) is 0 Å². The third-order valence-corrected chi connectivity index (χ3v) is 5.05. The number of methoxy groups -OCH3 is 2. The predicted molar refractivity (Wildman–Crippen MR) is 95.3 cm³/mol. The van der Waals surface area contributed by atoms with Crippen LogP contribution < -0.4 is 5.43 Å². The first-order valence-corrected chi connectivity index (χ1v) is 8.89. The molecule has 25 heavy (non-hydrogen) atoms. The molecule has 0 aromatic heterocycles. The molecule has 1 aliphatic heterocycles. The number of hydrazone groups is 1. The summed E-state index contributed by atoms with van der Waals surface area (Å²) in [6.07, 6.45) is 3.99. The van der Waals surface area contributed by atoms with E-state index in [0.717, 1.165) is 11.1 Å². The fourth-order valence-electron chi connectivity index (χ4n) is 2.96. The van der Waals surface area contributed by atoms with Crippen LogP contribution in [0.4, 0.5) is 0 Å². The van der Waals surface area contributed by atoms with Gasteiger partial charge in [0.15, 0.2) is 11.5 Å². The van der Waals surface area contributed by atoms with Gasteiger partial charge in [0.25, 0.3) is 0 Å². The molecule has 1 N–H and O–H groups in total. The second-order valence-corrected chi connectivity index (χ2v) is 6.97. The largest absolute Gasteiger partial charge is 0.493 e. The molecule has 0 bridgehead atoms. The molecule has 0 saturated carbocycles. The van der Waals surface area contributed by atoms with E-state index in [1.54, 1.807) is 0 Å². The SMILES string of the molecule is COC1=C(OC)C(=S(=O)=O)C(C(C)=CC2=NNC(=O)CC2C)C=C1C. The number of hydrogen-bond acceptors (Lipinski definition) is 6. The molecule has 0 aromatic carbocycles. The summed E-state index contributed by atoms with van der Waals surface area (Å²) in [7, 11) is 0.407. The zero-order chi connectivity index (χ0) is 18.7. The van der Waals surface area contributed by atoms with Gasteiger partial charge in [-0.05, 0) is 25.5 Å². The Morgan fingerprint density at radius 2 is 1.96 bits per heavy atom. The minimum Gasteiger partial charge on any atom is -0.493 e. The van der Waals surface area contributed by atoms with Crippen LogP contribution in [0.15, 0.2) is 39.9 Å². The molecule has 2 rings (SSSR count). The summed E-state index contributed by atoms with van der Waals surface area (Å²) >= 11 is 0. The van der Waals surface area contributed by atoms with Gasteiger partial charge in [-0.15, -0.1) is 0 Å². The normalized spacial score (nSPS) is 24.4. The van der Waals surface area contributed by atoms with Gasteiger partial charge in [-0.1, -0.05) is 18.6 Å². The van der Waals surface area contributed by atoms with Crippen LogP contribution in [-0.2, 0) is 24.6 Å². The molecular weight excluding hydrogens is 344 g/mol. The first-order valence-electron chi connectivity index (χ1n) is 7.82. The van der Waals surface area contributed by atoms with Gasteiger partial charge in [0.1, 0.15) is 4.86 Å². The number of carbonyl (C=O) groups is 1. The maximum atomic E-state index is 11.9. The lowest BCUT2D eigenvalue weighted by Crippen LogP contribution is -2.31. The number of hydrogen-bond donors (Lipinski definition) is 1. The summed E-state index contributed by atoms with van der Waals surface area (Å²) in [5.74, 6) is -0.0369. The molecule has 1 amide bonds. The molecule has 8 heteroatoms. The molecular formula is C17H22N2O5S. The van der Waals surface area contributed by atoms with Gasteiger partial charge in [-0.2, -0.15) is 13.5 Å². The van der Waals surface area contributed by atoms with E-state index in [2.05, 4.69) is 10.5 Å². The van der Waals surface area contributed by atoms with Crippen molar-refractivity contribution in [3.63, 3.8) is 0 Å². The van der Waals surface area contributed by atoms with E-state index >= 15 is 0 Å². The molecule has 7 nitrogen and oxygen atoms in total. The molecule has 0 spiro atoms. The second kappa shape index (κ2) is 7.69. The van der Waals surface area contributed by atoms with E-state index in [-0.39, 0.29) is 22.4 Å². The molecule has 2 atom stereocenters. The number of nitrogens with zero attached hydrogens (tertiary/aromatic N) is 1. The van der Waals surface area contributed by atoms with Crippen molar-refractivity contribution in [1.82, 2.24) is 5.43 Å². The first-order chi connectivity index (χ1) is 11.8. The van der Waals surface area contributed by atoms with Crippen LogP contribution in [-0.4, -0.2) is 39.1 Å². The van der Waals surface area contributed by atoms with Gasteiger partial charge in [-0.25, -0.2) is 5.43 Å². The number of amides is 1. The van der Waals surface area contributed by atoms with Gasteiger partial charge < -0.3 is 9.47 Å². The zero-order valence-corrected chi connectivity index (χ0v) is 15.7. The smallest absolute Gasteiger partial charge is 0.240 e. The minimum absolute atomic E-state index is 0.0365. The monoisotopic (exact) mass is 366 g/mol. The van der Waals surface area contributed by atoms with Crippen molar-refractivity contribution in [2.75, 3.05) is 14.2 Å². The number of ether oxygens (including phenoxy) is 2. The van der Waals surface area contributed by atoms with Crippen molar-refractivity contribution in [3.05, 3.63) is 34.8 Å². The summed E-state index contributed by atoms with van der Waals surface area (Å²) in [6, 6.07) is 0. The molecule has 0 aromatic rings. The van der Waals surface area contributed by atoms with Gasteiger partial charge in [-0.3, -0.25) is 4.79 Å². The van der Waals surface area contributed by atoms with Crippen molar-refractivity contribution in [2.24, 2.45) is 16.9 Å². The topological polar surface area (TPSA) is 94.1 Å². The minimum atomic E-state index is -2.48. The van der Waals surface area contributed by atoms with Gasteiger partial charge in [0.05, 0.1) is 19.9 Å². The number of nitrogens with one attached hydrogen (secondary N) is 1. The fourth-order valence-corrected chi connectivity index (χ4v) is 3.75. The summed E-state index contributed by atoms with van der Waals surface area (Å²) < 4.78 is 34.3. The van der Waals surface area contributed by atoms with E-state index < -0.39 is 16.2 Å². The lowest BCUT2D eigenvalue weighted by Gasteiger charge is -2.25. The average Bonchev–Trinajstić information content (AvgIpc) is 2.55. The van der Waals surface area contributed by atoms with Crippen LogP contribution in [0.5, 0.6) is 0 Å². The van der Waals surface area contributed by atoms with Crippen molar-refractivity contribution in [1.29, 1.82) is 0 Å². The maximum absolute atomic E-state index is 11.9. The Bertz CT molecular complexity index is 838. The molecule has 0 fully saturated rings. The van der Waals surface area contributed by atoms with Crippen LogP contribution in [0.1, 0.15) is 27.2 Å². The van der Waals surface area contributed by atoms with Crippen molar-refractivity contribution < 1.29 is 22.7 Å². The number of rotatable bonds is 4. The summed E-state index contributed by atoms with van der Waals surface area (Å²) in [4.78, 5) is 11.5. The maximum Gasteiger partial charge on any atom is 0.240 e. The van der Waals surface area contributed by atoms with Crippen LogP contribution in [0.25, 0.3) is 0 Å². The summed E-state index contributed by atoms with van der Waals surface area (Å²) in [6.45, 7) is 5.57. The van der Waals surface area contributed by atoms with Crippen molar-refractivity contribution in [2.45, 2.75) is 27.2 Å². The Kier molecular flexibility index (Phi) is 5.84. The highest BCUT2D eigenvalue weighted by Gasteiger charge is 2.31. The molecule has 1 aliphatic carbocycles. The fraction of sp³-hybridized carbons (Fsp3) is 0.471. The molecule has 2 unspecified atom stereocenters. The Morgan fingerprint density at radius 1 is 1.32 bits per heavy atom. The Labute approximate surface area is 148 Å². The quantitative estimate of drug-likeness (QED) is 0.762. The Balaban J connectivity index is 2.51. The third-order valence-electron chi connectivity index (χ3n) is 4.25. The lowest BCUT2D eigenvalue weighted by atomic mass is 9.86. The second-order valence-electron chi connectivity index (χ2n) is 6.06.